The van der Waals surface area contributed by atoms with Gasteiger partial charge in [-0.25, -0.2) is 4.98 Å². The minimum atomic E-state index is 0.653. The van der Waals surface area contributed by atoms with E-state index in [9.17, 15) is 0 Å². The van der Waals surface area contributed by atoms with Gasteiger partial charge < -0.3 is 4.57 Å². The Balaban J connectivity index is 1.34. The van der Waals surface area contributed by atoms with Crippen LogP contribution in [0.4, 0.5) is 0 Å². The van der Waals surface area contributed by atoms with E-state index in [2.05, 4.69) is 51.0 Å². The summed E-state index contributed by atoms with van der Waals surface area (Å²) in [6.07, 6.45) is 9.49. The van der Waals surface area contributed by atoms with Gasteiger partial charge in [0.05, 0.1) is 0 Å². The van der Waals surface area contributed by atoms with E-state index in [1.807, 2.05) is 6.20 Å². The van der Waals surface area contributed by atoms with Crippen LogP contribution in [-0.4, -0.2) is 27.5 Å². The fourth-order valence-corrected chi connectivity index (χ4v) is 3.60. The first-order valence-corrected chi connectivity index (χ1v) is 8.66. The molecule has 0 atom stereocenters. The topological polar surface area (TPSA) is 21.1 Å². The SMILES string of the molecule is c1ccc(CN2CCC(c3nccn3CC3CC3)CC2)cc1. The van der Waals surface area contributed by atoms with Gasteiger partial charge in [0, 0.05) is 31.4 Å². The van der Waals surface area contributed by atoms with E-state index in [1.54, 1.807) is 0 Å². The molecule has 0 amide bonds. The Morgan fingerprint density at radius 3 is 2.50 bits per heavy atom. The van der Waals surface area contributed by atoms with Crippen LogP contribution in [0, 0.1) is 5.92 Å². The number of rotatable bonds is 5. The molecule has 3 nitrogen and oxygen atoms in total. The number of likely N-dealkylation sites (tertiary alicyclic amines) is 1. The van der Waals surface area contributed by atoms with Crippen LogP contribution in [0.5, 0.6) is 0 Å². The number of hydrogen-bond acceptors (Lipinski definition) is 2. The van der Waals surface area contributed by atoms with Crippen LogP contribution in [0.25, 0.3) is 0 Å². The molecule has 0 radical (unpaired) electrons. The maximum absolute atomic E-state index is 4.67. The van der Waals surface area contributed by atoms with Crippen LogP contribution in [0.15, 0.2) is 42.7 Å². The van der Waals surface area contributed by atoms with Crippen molar-refractivity contribution in [1.82, 2.24) is 14.5 Å². The third-order valence-corrected chi connectivity index (χ3v) is 5.10. The van der Waals surface area contributed by atoms with Gasteiger partial charge >= 0.3 is 0 Å². The molecule has 1 saturated carbocycles. The van der Waals surface area contributed by atoms with Gasteiger partial charge in [-0.15, -0.1) is 0 Å². The fourth-order valence-electron chi connectivity index (χ4n) is 3.60. The first-order chi connectivity index (χ1) is 10.9. The maximum Gasteiger partial charge on any atom is 0.111 e. The average Bonchev–Trinajstić information content (AvgIpc) is 3.25. The van der Waals surface area contributed by atoms with E-state index in [-0.39, 0.29) is 0 Å². The molecular formula is C19H25N3. The van der Waals surface area contributed by atoms with Crippen molar-refractivity contribution in [1.29, 1.82) is 0 Å². The molecule has 1 aliphatic heterocycles. The van der Waals surface area contributed by atoms with Crippen LogP contribution >= 0.6 is 0 Å². The third kappa shape index (κ3) is 3.25. The van der Waals surface area contributed by atoms with Gasteiger partial charge in [0.15, 0.2) is 0 Å². The Morgan fingerprint density at radius 1 is 1.00 bits per heavy atom. The van der Waals surface area contributed by atoms with Crippen molar-refractivity contribution in [2.24, 2.45) is 5.92 Å². The minimum Gasteiger partial charge on any atom is -0.334 e. The van der Waals surface area contributed by atoms with Crippen LogP contribution < -0.4 is 0 Å². The highest BCUT2D eigenvalue weighted by atomic mass is 15.1. The molecule has 22 heavy (non-hydrogen) atoms. The molecule has 1 saturated heterocycles. The molecule has 2 heterocycles. The van der Waals surface area contributed by atoms with Crippen molar-refractivity contribution in [3.05, 3.63) is 54.1 Å². The van der Waals surface area contributed by atoms with E-state index in [0.29, 0.717) is 5.92 Å². The monoisotopic (exact) mass is 295 g/mol. The zero-order valence-corrected chi connectivity index (χ0v) is 13.2. The summed E-state index contributed by atoms with van der Waals surface area (Å²) in [6, 6.07) is 10.8. The highest BCUT2D eigenvalue weighted by molar-refractivity contribution is 5.14. The highest BCUT2D eigenvalue weighted by Crippen LogP contribution is 2.33. The Labute approximate surface area is 133 Å². The Hall–Kier alpha value is -1.61. The lowest BCUT2D eigenvalue weighted by molar-refractivity contribution is 0.200. The van der Waals surface area contributed by atoms with Gasteiger partial charge in [0.25, 0.3) is 0 Å². The zero-order valence-electron chi connectivity index (χ0n) is 13.2. The average molecular weight is 295 g/mol. The molecule has 0 N–H and O–H groups in total. The van der Waals surface area contributed by atoms with Crippen molar-refractivity contribution in [3.63, 3.8) is 0 Å². The summed E-state index contributed by atoms with van der Waals surface area (Å²) in [6.45, 7) is 4.66. The quantitative estimate of drug-likeness (QED) is 0.839. The lowest BCUT2D eigenvalue weighted by Crippen LogP contribution is -2.33. The van der Waals surface area contributed by atoms with Crippen molar-refractivity contribution < 1.29 is 0 Å². The zero-order chi connectivity index (χ0) is 14.8. The number of benzene rings is 1. The van der Waals surface area contributed by atoms with Crippen LogP contribution in [-0.2, 0) is 13.1 Å². The number of nitrogens with zero attached hydrogens (tertiary/aromatic N) is 3. The lowest BCUT2D eigenvalue weighted by atomic mass is 9.95. The van der Waals surface area contributed by atoms with Crippen LogP contribution in [0.3, 0.4) is 0 Å². The number of aromatic nitrogens is 2. The molecular weight excluding hydrogens is 270 g/mol. The number of piperidine rings is 1. The normalized spacial score (nSPS) is 20.4. The van der Waals surface area contributed by atoms with Crippen molar-refractivity contribution in [2.45, 2.75) is 44.7 Å². The van der Waals surface area contributed by atoms with E-state index in [0.717, 1.165) is 12.5 Å². The third-order valence-electron chi connectivity index (χ3n) is 5.10. The molecule has 2 aliphatic rings. The summed E-state index contributed by atoms with van der Waals surface area (Å²) >= 11 is 0. The van der Waals surface area contributed by atoms with Gasteiger partial charge in [0.2, 0.25) is 0 Å². The minimum absolute atomic E-state index is 0.653. The summed E-state index contributed by atoms with van der Waals surface area (Å²) in [5, 5.41) is 0. The molecule has 1 aliphatic carbocycles. The van der Waals surface area contributed by atoms with E-state index < -0.39 is 0 Å². The van der Waals surface area contributed by atoms with Gasteiger partial charge in [-0.2, -0.15) is 0 Å². The predicted molar refractivity (Wildman–Crippen MR) is 88.6 cm³/mol. The summed E-state index contributed by atoms with van der Waals surface area (Å²) in [5.74, 6) is 2.91. The molecule has 1 aromatic heterocycles. The summed E-state index contributed by atoms with van der Waals surface area (Å²) in [7, 11) is 0. The molecule has 2 fully saturated rings. The second kappa shape index (κ2) is 6.25. The molecule has 0 bridgehead atoms. The molecule has 116 valence electrons. The highest BCUT2D eigenvalue weighted by Gasteiger charge is 2.27. The smallest absolute Gasteiger partial charge is 0.111 e. The molecule has 2 aromatic rings. The summed E-state index contributed by atoms with van der Waals surface area (Å²) < 4.78 is 2.43. The number of imidazole rings is 1. The first kappa shape index (κ1) is 14.0. The van der Waals surface area contributed by atoms with E-state index in [1.165, 1.54) is 56.7 Å². The second-order valence-corrected chi connectivity index (χ2v) is 6.92. The molecule has 4 rings (SSSR count). The van der Waals surface area contributed by atoms with Crippen molar-refractivity contribution >= 4 is 0 Å². The van der Waals surface area contributed by atoms with Crippen LogP contribution in [0.1, 0.15) is 43.0 Å². The van der Waals surface area contributed by atoms with Gasteiger partial charge in [-0.05, 0) is 50.3 Å². The van der Waals surface area contributed by atoms with Gasteiger partial charge in [-0.1, -0.05) is 30.3 Å². The molecule has 3 heteroatoms. The maximum atomic E-state index is 4.67. The van der Waals surface area contributed by atoms with Crippen molar-refractivity contribution in [2.75, 3.05) is 13.1 Å². The second-order valence-electron chi connectivity index (χ2n) is 6.92. The first-order valence-electron chi connectivity index (χ1n) is 8.66. The molecule has 1 aromatic carbocycles. The van der Waals surface area contributed by atoms with Gasteiger partial charge in [-0.3, -0.25) is 4.90 Å². The van der Waals surface area contributed by atoms with Crippen molar-refractivity contribution in [3.8, 4) is 0 Å². The predicted octanol–water partition coefficient (Wildman–Crippen LogP) is 3.67. The lowest BCUT2D eigenvalue weighted by Gasteiger charge is -2.32. The summed E-state index contributed by atoms with van der Waals surface area (Å²) in [4.78, 5) is 7.26. The van der Waals surface area contributed by atoms with Gasteiger partial charge in [0.1, 0.15) is 5.82 Å². The van der Waals surface area contributed by atoms with Crippen LogP contribution in [0.2, 0.25) is 0 Å². The fraction of sp³-hybridized carbons (Fsp3) is 0.526. The largest absolute Gasteiger partial charge is 0.334 e. The molecule has 0 spiro atoms. The number of hydrogen-bond donors (Lipinski definition) is 0. The Bertz CT molecular complexity index is 592. The van der Waals surface area contributed by atoms with E-state index >= 15 is 0 Å². The summed E-state index contributed by atoms with van der Waals surface area (Å²) in [5.41, 5.74) is 1.43. The molecule has 0 unspecified atom stereocenters. The van der Waals surface area contributed by atoms with E-state index in [4.69, 9.17) is 0 Å². The Morgan fingerprint density at radius 2 is 1.77 bits per heavy atom. The standard InChI is InChI=1S/C19H25N3/c1-2-4-16(5-3-1)14-21-11-8-18(9-12-21)19-20-10-13-22(19)15-17-6-7-17/h1-5,10,13,17-18H,6-9,11-12,14-15H2. The Kier molecular flexibility index (Phi) is 3.98.